The molecule has 1 aromatic heterocycles. The summed E-state index contributed by atoms with van der Waals surface area (Å²) in [5.41, 5.74) is 5.77. The van der Waals surface area contributed by atoms with Gasteiger partial charge in [-0.1, -0.05) is 6.07 Å². The minimum atomic E-state index is -0.732. The van der Waals surface area contributed by atoms with Crippen molar-refractivity contribution in [2.24, 2.45) is 5.73 Å². The summed E-state index contributed by atoms with van der Waals surface area (Å²) in [6.45, 7) is 2.49. The number of rotatable bonds is 2. The van der Waals surface area contributed by atoms with Crippen LogP contribution in [0.4, 0.5) is 8.78 Å². The van der Waals surface area contributed by atoms with E-state index in [0.29, 0.717) is 6.54 Å². The Kier molecular flexibility index (Phi) is 4.12. The molecule has 5 nitrogen and oxygen atoms in total. The van der Waals surface area contributed by atoms with E-state index in [1.165, 1.54) is 18.3 Å². The molecule has 1 amide bonds. The molecule has 1 aliphatic heterocycles. The predicted molar refractivity (Wildman–Crippen MR) is 81.2 cm³/mol. The number of piperidine rings is 1. The number of carbonyl (C=O) groups excluding carboxylic acids is 1. The lowest BCUT2D eigenvalue weighted by atomic mass is 9.99. The maximum Gasteiger partial charge on any atom is 0.274 e. The largest absolute Gasteiger partial charge is 0.334 e. The first-order chi connectivity index (χ1) is 11.0. The first-order valence-electron chi connectivity index (χ1n) is 7.54. The van der Waals surface area contributed by atoms with E-state index in [1.807, 2.05) is 6.92 Å². The van der Waals surface area contributed by atoms with E-state index in [-0.39, 0.29) is 29.4 Å². The lowest BCUT2D eigenvalue weighted by Crippen LogP contribution is -2.48. The Balaban J connectivity index is 1.86. The van der Waals surface area contributed by atoms with Crippen LogP contribution in [0.25, 0.3) is 5.69 Å². The zero-order chi connectivity index (χ0) is 16.6. The number of benzene rings is 1. The molecule has 23 heavy (non-hydrogen) atoms. The molecule has 1 fully saturated rings. The number of carbonyl (C=O) groups is 1. The number of hydrogen-bond acceptors (Lipinski definition) is 3. The summed E-state index contributed by atoms with van der Waals surface area (Å²) < 4.78 is 28.6. The highest BCUT2D eigenvalue weighted by Crippen LogP contribution is 2.20. The summed E-state index contributed by atoms with van der Waals surface area (Å²) in [5.74, 6) is -1.71. The lowest BCUT2D eigenvalue weighted by Gasteiger charge is -2.35. The highest BCUT2D eigenvalue weighted by Gasteiger charge is 2.29. The van der Waals surface area contributed by atoms with Gasteiger partial charge in [-0.3, -0.25) is 4.79 Å². The van der Waals surface area contributed by atoms with E-state index in [1.54, 1.807) is 4.90 Å². The Labute approximate surface area is 132 Å². The summed E-state index contributed by atoms with van der Waals surface area (Å²) in [6, 6.07) is 5.16. The van der Waals surface area contributed by atoms with Gasteiger partial charge in [0, 0.05) is 24.8 Å². The molecule has 0 saturated carbocycles. The minimum Gasteiger partial charge on any atom is -0.334 e. The zero-order valence-corrected chi connectivity index (χ0v) is 12.7. The van der Waals surface area contributed by atoms with Crippen molar-refractivity contribution >= 4 is 5.91 Å². The number of hydrogen-bond donors (Lipinski definition) is 1. The molecule has 0 unspecified atom stereocenters. The fraction of sp³-hybridized carbons (Fsp3) is 0.375. The van der Waals surface area contributed by atoms with Crippen LogP contribution in [0.3, 0.4) is 0 Å². The third kappa shape index (κ3) is 2.96. The average molecular weight is 320 g/mol. The van der Waals surface area contributed by atoms with Gasteiger partial charge >= 0.3 is 0 Å². The van der Waals surface area contributed by atoms with Crippen molar-refractivity contribution < 1.29 is 13.6 Å². The molecule has 2 aromatic rings. The molecule has 2 heterocycles. The van der Waals surface area contributed by atoms with Crippen LogP contribution in [0, 0.1) is 11.6 Å². The number of aromatic nitrogens is 2. The third-order valence-electron chi connectivity index (χ3n) is 4.15. The molecule has 2 atom stereocenters. The second-order valence-corrected chi connectivity index (χ2v) is 5.85. The SMILES string of the molecule is C[C@H]1C[C@@H](N)CCN1C(=O)c1ccn(-c2c(F)cccc2F)n1. The van der Waals surface area contributed by atoms with Crippen molar-refractivity contribution in [3.05, 3.63) is 47.8 Å². The summed E-state index contributed by atoms with van der Waals surface area (Å²) in [5, 5.41) is 4.04. The summed E-state index contributed by atoms with van der Waals surface area (Å²) >= 11 is 0. The van der Waals surface area contributed by atoms with Gasteiger partial charge in [0.2, 0.25) is 0 Å². The second kappa shape index (κ2) is 6.08. The van der Waals surface area contributed by atoms with E-state index < -0.39 is 11.6 Å². The van der Waals surface area contributed by atoms with Gasteiger partial charge in [0.25, 0.3) is 5.91 Å². The third-order valence-corrected chi connectivity index (χ3v) is 4.15. The van der Waals surface area contributed by atoms with Gasteiger partial charge in [-0.05, 0) is 38.0 Å². The molecule has 1 aromatic carbocycles. The van der Waals surface area contributed by atoms with Gasteiger partial charge in [0.05, 0.1) is 0 Å². The molecule has 0 bridgehead atoms. The summed E-state index contributed by atoms with van der Waals surface area (Å²) in [6.07, 6.45) is 2.85. The Hall–Kier alpha value is -2.28. The van der Waals surface area contributed by atoms with Gasteiger partial charge in [-0.15, -0.1) is 0 Å². The van der Waals surface area contributed by atoms with E-state index in [9.17, 15) is 13.6 Å². The number of para-hydroxylation sites is 1. The Bertz CT molecular complexity index is 710. The number of nitrogens with two attached hydrogens (primary N) is 1. The smallest absolute Gasteiger partial charge is 0.274 e. The van der Waals surface area contributed by atoms with Crippen LogP contribution in [-0.2, 0) is 0 Å². The fourth-order valence-electron chi connectivity index (χ4n) is 2.93. The van der Waals surface area contributed by atoms with Gasteiger partial charge in [-0.2, -0.15) is 5.10 Å². The van der Waals surface area contributed by atoms with Gasteiger partial charge in [-0.25, -0.2) is 13.5 Å². The van der Waals surface area contributed by atoms with Crippen LogP contribution < -0.4 is 5.73 Å². The van der Waals surface area contributed by atoms with Gasteiger partial charge < -0.3 is 10.6 Å². The number of nitrogens with zero attached hydrogens (tertiary/aromatic N) is 3. The van der Waals surface area contributed by atoms with Crippen molar-refractivity contribution in [3.63, 3.8) is 0 Å². The second-order valence-electron chi connectivity index (χ2n) is 5.85. The quantitative estimate of drug-likeness (QED) is 0.921. The van der Waals surface area contributed by atoms with Crippen LogP contribution >= 0.6 is 0 Å². The number of likely N-dealkylation sites (tertiary alicyclic amines) is 1. The van der Waals surface area contributed by atoms with E-state index in [2.05, 4.69) is 5.10 Å². The van der Waals surface area contributed by atoms with Gasteiger partial charge in [0.1, 0.15) is 5.69 Å². The average Bonchev–Trinajstić information content (AvgIpc) is 2.96. The first kappa shape index (κ1) is 15.6. The topological polar surface area (TPSA) is 64.2 Å². The lowest BCUT2D eigenvalue weighted by molar-refractivity contribution is 0.0612. The van der Waals surface area contributed by atoms with Crippen molar-refractivity contribution in [2.75, 3.05) is 6.54 Å². The minimum absolute atomic E-state index is 0.0154. The highest BCUT2D eigenvalue weighted by atomic mass is 19.1. The summed E-state index contributed by atoms with van der Waals surface area (Å²) in [4.78, 5) is 14.3. The van der Waals surface area contributed by atoms with Crippen molar-refractivity contribution in [2.45, 2.75) is 31.8 Å². The number of halogens is 2. The molecule has 3 rings (SSSR count). The predicted octanol–water partition coefficient (Wildman–Crippen LogP) is 2.10. The fourth-order valence-corrected chi connectivity index (χ4v) is 2.93. The van der Waals surface area contributed by atoms with Crippen LogP contribution in [0.2, 0.25) is 0 Å². The molecular formula is C16H18F2N4O. The molecule has 0 spiro atoms. The molecule has 2 N–H and O–H groups in total. The monoisotopic (exact) mass is 320 g/mol. The van der Waals surface area contributed by atoms with Gasteiger partial charge in [0.15, 0.2) is 17.3 Å². The normalized spacial score (nSPS) is 21.5. The number of amides is 1. The molecule has 7 heteroatoms. The Morgan fingerprint density at radius 3 is 2.65 bits per heavy atom. The van der Waals surface area contributed by atoms with Crippen molar-refractivity contribution in [1.29, 1.82) is 0 Å². The molecule has 1 aliphatic rings. The standard InChI is InChI=1S/C16H18F2N4O/c1-10-9-11(19)5-7-21(10)16(23)14-6-8-22(20-14)15-12(17)3-2-4-13(15)18/h2-4,6,8,10-11H,5,7,9,19H2,1H3/t10-,11-/m0/s1. The first-order valence-corrected chi connectivity index (χ1v) is 7.54. The van der Waals surface area contributed by atoms with Crippen LogP contribution in [-0.4, -0.2) is 39.2 Å². The zero-order valence-electron chi connectivity index (χ0n) is 12.7. The van der Waals surface area contributed by atoms with E-state index in [4.69, 9.17) is 5.73 Å². The van der Waals surface area contributed by atoms with E-state index in [0.717, 1.165) is 29.7 Å². The Morgan fingerprint density at radius 1 is 1.30 bits per heavy atom. The maximum absolute atomic E-state index is 13.8. The maximum atomic E-state index is 13.8. The highest BCUT2D eigenvalue weighted by molar-refractivity contribution is 5.92. The molecular weight excluding hydrogens is 302 g/mol. The van der Waals surface area contributed by atoms with Crippen LogP contribution in [0.15, 0.2) is 30.5 Å². The molecule has 1 saturated heterocycles. The van der Waals surface area contributed by atoms with Crippen molar-refractivity contribution in [1.82, 2.24) is 14.7 Å². The van der Waals surface area contributed by atoms with Crippen molar-refractivity contribution in [3.8, 4) is 5.69 Å². The Morgan fingerprint density at radius 2 is 2.00 bits per heavy atom. The molecule has 0 radical (unpaired) electrons. The summed E-state index contributed by atoms with van der Waals surface area (Å²) in [7, 11) is 0. The van der Waals surface area contributed by atoms with Crippen LogP contribution in [0.5, 0.6) is 0 Å². The van der Waals surface area contributed by atoms with Crippen LogP contribution in [0.1, 0.15) is 30.3 Å². The molecule has 122 valence electrons. The molecule has 0 aliphatic carbocycles. The van der Waals surface area contributed by atoms with E-state index >= 15 is 0 Å².